The number of rotatable bonds is 1. The first-order valence-electron chi connectivity index (χ1n) is 5.78. The van der Waals surface area contributed by atoms with E-state index in [-0.39, 0.29) is 5.69 Å². The molecule has 3 aromatic rings. The van der Waals surface area contributed by atoms with Gasteiger partial charge >= 0.3 is 6.18 Å². The zero-order valence-electron chi connectivity index (χ0n) is 10.1. The highest BCUT2D eigenvalue weighted by molar-refractivity contribution is 5.83. The Hall–Kier alpha value is -2.50. The van der Waals surface area contributed by atoms with Crippen LogP contribution in [-0.4, -0.2) is 15.0 Å². The van der Waals surface area contributed by atoms with Crippen LogP contribution in [0.5, 0.6) is 0 Å². The molecule has 0 N–H and O–H groups in total. The van der Waals surface area contributed by atoms with Gasteiger partial charge in [0.15, 0.2) is 0 Å². The minimum absolute atomic E-state index is 0.0967. The van der Waals surface area contributed by atoms with E-state index < -0.39 is 11.7 Å². The molecule has 0 saturated heterocycles. The molecule has 0 amide bonds. The standard InChI is InChI=1S/C14H8F3N3/c15-14(16,17)11-2-1-5-19-13(11)9-3-4-10-7-18-8-20-12(10)6-9/h1-8H. The fraction of sp³-hybridized carbons (Fsp3) is 0.0714. The largest absolute Gasteiger partial charge is 0.418 e. The molecule has 2 heterocycles. The van der Waals surface area contributed by atoms with E-state index in [1.165, 1.54) is 18.6 Å². The number of hydrogen-bond donors (Lipinski definition) is 0. The number of halogens is 3. The monoisotopic (exact) mass is 275 g/mol. The summed E-state index contributed by atoms with van der Waals surface area (Å²) in [6.07, 6.45) is -0.136. The van der Waals surface area contributed by atoms with Crippen LogP contribution in [0.25, 0.3) is 22.2 Å². The molecule has 6 heteroatoms. The van der Waals surface area contributed by atoms with Crippen LogP contribution in [0.4, 0.5) is 13.2 Å². The molecule has 0 radical (unpaired) electrons. The van der Waals surface area contributed by atoms with Crippen molar-refractivity contribution in [1.82, 2.24) is 15.0 Å². The summed E-state index contributed by atoms with van der Waals surface area (Å²) < 4.78 is 38.9. The first kappa shape index (κ1) is 12.5. The van der Waals surface area contributed by atoms with Gasteiger partial charge in [-0.3, -0.25) is 4.98 Å². The average molecular weight is 275 g/mol. The number of fused-ring (bicyclic) bond motifs is 1. The third kappa shape index (κ3) is 2.20. The van der Waals surface area contributed by atoms with E-state index in [4.69, 9.17) is 0 Å². The zero-order valence-corrected chi connectivity index (χ0v) is 10.1. The molecular weight excluding hydrogens is 267 g/mol. The van der Waals surface area contributed by atoms with Gasteiger partial charge < -0.3 is 0 Å². The minimum atomic E-state index is -4.44. The summed E-state index contributed by atoms with van der Waals surface area (Å²) >= 11 is 0. The molecule has 20 heavy (non-hydrogen) atoms. The second kappa shape index (κ2) is 4.56. The third-order valence-corrected chi connectivity index (χ3v) is 2.89. The lowest BCUT2D eigenvalue weighted by Gasteiger charge is -2.11. The molecule has 0 aliphatic carbocycles. The number of aromatic nitrogens is 3. The highest BCUT2D eigenvalue weighted by Crippen LogP contribution is 2.36. The highest BCUT2D eigenvalue weighted by atomic mass is 19.4. The van der Waals surface area contributed by atoms with Crippen molar-refractivity contribution in [2.75, 3.05) is 0 Å². The van der Waals surface area contributed by atoms with Crippen LogP contribution < -0.4 is 0 Å². The Morgan fingerprint density at radius 3 is 2.65 bits per heavy atom. The van der Waals surface area contributed by atoms with Crippen molar-refractivity contribution in [2.24, 2.45) is 0 Å². The Balaban J connectivity index is 2.21. The van der Waals surface area contributed by atoms with Crippen LogP contribution in [0, 0.1) is 0 Å². The number of pyridine rings is 1. The lowest BCUT2D eigenvalue weighted by molar-refractivity contribution is -0.137. The van der Waals surface area contributed by atoms with E-state index in [1.54, 1.807) is 24.4 Å². The topological polar surface area (TPSA) is 38.7 Å². The molecule has 0 aliphatic rings. The second-order valence-corrected chi connectivity index (χ2v) is 4.19. The number of alkyl halides is 3. The quantitative estimate of drug-likeness (QED) is 0.679. The van der Waals surface area contributed by atoms with Gasteiger partial charge in [-0.15, -0.1) is 0 Å². The molecule has 3 rings (SSSR count). The van der Waals surface area contributed by atoms with Crippen molar-refractivity contribution in [3.63, 3.8) is 0 Å². The summed E-state index contributed by atoms with van der Waals surface area (Å²) in [7, 11) is 0. The SMILES string of the molecule is FC(F)(F)c1cccnc1-c1ccc2cncnc2c1. The summed E-state index contributed by atoms with van der Waals surface area (Å²) in [5.74, 6) is 0. The fourth-order valence-electron chi connectivity index (χ4n) is 1.99. The molecule has 0 fully saturated rings. The number of benzene rings is 1. The van der Waals surface area contributed by atoms with Gasteiger partial charge in [-0.25, -0.2) is 9.97 Å². The van der Waals surface area contributed by atoms with Gasteiger partial charge in [-0.05, 0) is 18.2 Å². The molecule has 0 bridgehead atoms. The first-order valence-corrected chi connectivity index (χ1v) is 5.78. The molecule has 1 aromatic carbocycles. The minimum Gasteiger partial charge on any atom is -0.256 e. The van der Waals surface area contributed by atoms with Crippen molar-refractivity contribution < 1.29 is 13.2 Å². The summed E-state index contributed by atoms with van der Waals surface area (Å²) in [5.41, 5.74) is 0.106. The Labute approximate surface area is 112 Å². The molecular formula is C14H8F3N3. The van der Waals surface area contributed by atoms with Crippen LogP contribution in [0.3, 0.4) is 0 Å². The van der Waals surface area contributed by atoms with Crippen molar-refractivity contribution in [1.29, 1.82) is 0 Å². The second-order valence-electron chi connectivity index (χ2n) is 4.19. The average Bonchev–Trinajstić information content (AvgIpc) is 2.46. The lowest BCUT2D eigenvalue weighted by atomic mass is 10.0. The van der Waals surface area contributed by atoms with Gasteiger partial charge in [0.2, 0.25) is 0 Å². The predicted octanol–water partition coefficient (Wildman–Crippen LogP) is 3.71. The summed E-state index contributed by atoms with van der Waals surface area (Å²) in [6.45, 7) is 0. The summed E-state index contributed by atoms with van der Waals surface area (Å²) in [4.78, 5) is 11.8. The smallest absolute Gasteiger partial charge is 0.256 e. The summed E-state index contributed by atoms with van der Waals surface area (Å²) in [5, 5.41) is 0.765. The highest BCUT2D eigenvalue weighted by Gasteiger charge is 2.34. The normalized spacial score (nSPS) is 11.8. The van der Waals surface area contributed by atoms with E-state index >= 15 is 0 Å². The van der Waals surface area contributed by atoms with Crippen molar-refractivity contribution >= 4 is 10.9 Å². The maximum atomic E-state index is 13.0. The van der Waals surface area contributed by atoms with Crippen LogP contribution in [0.1, 0.15) is 5.56 Å². The van der Waals surface area contributed by atoms with Gasteiger partial charge in [0, 0.05) is 23.3 Å². The van der Waals surface area contributed by atoms with E-state index in [1.807, 2.05) is 0 Å². The zero-order chi connectivity index (χ0) is 14.2. The molecule has 0 unspecified atom stereocenters. The van der Waals surface area contributed by atoms with Gasteiger partial charge in [0.05, 0.1) is 16.8 Å². The van der Waals surface area contributed by atoms with E-state index in [0.29, 0.717) is 11.1 Å². The lowest BCUT2D eigenvalue weighted by Crippen LogP contribution is -2.08. The van der Waals surface area contributed by atoms with Gasteiger partial charge in [-0.2, -0.15) is 13.2 Å². The van der Waals surface area contributed by atoms with Crippen molar-refractivity contribution in [3.05, 3.63) is 54.6 Å². The van der Waals surface area contributed by atoms with Gasteiger partial charge in [0.25, 0.3) is 0 Å². The Bertz CT molecular complexity index is 769. The van der Waals surface area contributed by atoms with Crippen LogP contribution >= 0.6 is 0 Å². The third-order valence-electron chi connectivity index (χ3n) is 2.89. The molecule has 0 atom stereocenters. The van der Waals surface area contributed by atoms with E-state index in [2.05, 4.69) is 15.0 Å². The first-order chi connectivity index (χ1) is 9.55. The molecule has 3 nitrogen and oxygen atoms in total. The molecule has 2 aromatic heterocycles. The van der Waals surface area contributed by atoms with E-state index in [9.17, 15) is 13.2 Å². The fourth-order valence-corrected chi connectivity index (χ4v) is 1.99. The van der Waals surface area contributed by atoms with Gasteiger partial charge in [-0.1, -0.05) is 12.1 Å². The molecule has 0 spiro atoms. The van der Waals surface area contributed by atoms with Crippen LogP contribution in [0.15, 0.2) is 49.1 Å². The summed E-state index contributed by atoms with van der Waals surface area (Å²) in [6, 6.07) is 7.14. The van der Waals surface area contributed by atoms with E-state index in [0.717, 1.165) is 11.5 Å². The number of nitrogens with zero attached hydrogens (tertiary/aromatic N) is 3. The van der Waals surface area contributed by atoms with Crippen molar-refractivity contribution in [3.8, 4) is 11.3 Å². The molecule has 0 aliphatic heterocycles. The Morgan fingerprint density at radius 2 is 1.85 bits per heavy atom. The molecule has 100 valence electrons. The maximum Gasteiger partial charge on any atom is 0.418 e. The van der Waals surface area contributed by atoms with Crippen LogP contribution in [-0.2, 0) is 6.18 Å². The van der Waals surface area contributed by atoms with Crippen LogP contribution in [0.2, 0.25) is 0 Å². The number of hydrogen-bond acceptors (Lipinski definition) is 3. The van der Waals surface area contributed by atoms with Gasteiger partial charge in [0.1, 0.15) is 6.33 Å². The van der Waals surface area contributed by atoms with Crippen molar-refractivity contribution in [2.45, 2.75) is 6.18 Å². The maximum absolute atomic E-state index is 13.0. The molecule has 0 saturated carbocycles. The Kier molecular flexibility index (Phi) is 2.85. The Morgan fingerprint density at radius 1 is 1.00 bits per heavy atom. The predicted molar refractivity (Wildman–Crippen MR) is 67.8 cm³/mol.